The van der Waals surface area contributed by atoms with Gasteiger partial charge in [-0.3, -0.25) is 0 Å². The van der Waals surface area contributed by atoms with E-state index in [1.165, 1.54) is 29.6 Å². The third-order valence-corrected chi connectivity index (χ3v) is 8.71. The van der Waals surface area contributed by atoms with Crippen LogP contribution in [-0.2, 0) is 16.4 Å². The highest BCUT2D eigenvalue weighted by Crippen LogP contribution is 2.37. The Morgan fingerprint density at radius 2 is 1.91 bits per heavy atom. The van der Waals surface area contributed by atoms with E-state index in [1.54, 1.807) is 19.9 Å². The SMILES string of the molecule is Cc1noc(C)c1-c1cc(C(=Nc2nc(C(=O)O)cs2)C(Cc2ccc(S(N)(=O)=O)cc2F)=C(N)CC2CC2)ccc1F. The summed E-state index contributed by atoms with van der Waals surface area (Å²) in [6.07, 6.45) is 2.32. The number of carboxylic acid groups (broad SMARTS) is 1. The van der Waals surface area contributed by atoms with Gasteiger partial charge in [-0.2, -0.15) is 0 Å². The molecule has 0 atom stereocenters. The zero-order valence-corrected chi connectivity index (χ0v) is 24.7. The molecule has 5 N–H and O–H groups in total. The quantitative estimate of drug-likeness (QED) is 0.196. The number of aliphatic imine (C=N–C) groups is 1. The van der Waals surface area contributed by atoms with Crippen LogP contribution in [0.25, 0.3) is 11.1 Å². The summed E-state index contributed by atoms with van der Waals surface area (Å²) < 4.78 is 59.3. The third kappa shape index (κ3) is 6.71. The molecule has 2 aromatic carbocycles. The van der Waals surface area contributed by atoms with Crippen LogP contribution in [-0.4, -0.2) is 35.3 Å². The highest BCUT2D eigenvalue weighted by Gasteiger charge is 2.27. The number of nitrogens with two attached hydrogens (primary N) is 2. The maximum Gasteiger partial charge on any atom is 0.355 e. The molecule has 0 bridgehead atoms. The second-order valence-corrected chi connectivity index (χ2v) is 12.7. The fraction of sp³-hybridized carbons (Fsp3) is 0.241. The highest BCUT2D eigenvalue weighted by molar-refractivity contribution is 7.89. The van der Waals surface area contributed by atoms with E-state index in [2.05, 4.69) is 15.1 Å². The molecule has 1 aliphatic carbocycles. The molecule has 0 saturated heterocycles. The van der Waals surface area contributed by atoms with Crippen molar-refractivity contribution in [3.8, 4) is 11.1 Å². The van der Waals surface area contributed by atoms with Crippen molar-refractivity contribution in [2.45, 2.75) is 44.4 Å². The molecule has 0 aliphatic heterocycles. The van der Waals surface area contributed by atoms with E-state index >= 15 is 8.78 Å². The van der Waals surface area contributed by atoms with Crippen LogP contribution in [0.1, 0.15) is 52.3 Å². The molecule has 4 aromatic rings. The zero-order valence-electron chi connectivity index (χ0n) is 23.1. The minimum atomic E-state index is -4.14. The van der Waals surface area contributed by atoms with Gasteiger partial charge in [-0.25, -0.2) is 37.1 Å². The largest absolute Gasteiger partial charge is 0.476 e. The first-order valence-corrected chi connectivity index (χ1v) is 15.5. The van der Waals surface area contributed by atoms with Gasteiger partial charge >= 0.3 is 5.97 Å². The van der Waals surface area contributed by atoms with Gasteiger partial charge in [-0.05, 0) is 74.9 Å². The second kappa shape index (κ2) is 11.8. The van der Waals surface area contributed by atoms with Crippen LogP contribution in [0.15, 0.2) is 67.5 Å². The van der Waals surface area contributed by atoms with E-state index in [1.807, 2.05) is 0 Å². The van der Waals surface area contributed by atoms with Crippen LogP contribution in [0.5, 0.6) is 0 Å². The predicted octanol–water partition coefficient (Wildman–Crippen LogP) is 5.42. The summed E-state index contributed by atoms with van der Waals surface area (Å²) in [6.45, 7) is 3.34. The Bertz CT molecular complexity index is 1890. The van der Waals surface area contributed by atoms with Crippen molar-refractivity contribution in [2.24, 2.45) is 21.8 Å². The van der Waals surface area contributed by atoms with Gasteiger partial charge in [0.2, 0.25) is 15.2 Å². The van der Waals surface area contributed by atoms with E-state index in [0.29, 0.717) is 46.2 Å². The fourth-order valence-electron chi connectivity index (χ4n) is 4.69. The average molecular weight is 628 g/mol. The molecule has 2 aromatic heterocycles. The monoisotopic (exact) mass is 627 g/mol. The number of halogens is 2. The van der Waals surface area contributed by atoms with E-state index in [-0.39, 0.29) is 39.0 Å². The van der Waals surface area contributed by atoms with E-state index in [0.717, 1.165) is 30.2 Å². The van der Waals surface area contributed by atoms with Crippen molar-refractivity contribution in [3.05, 3.63) is 93.0 Å². The number of aromatic carboxylic acids is 1. The molecule has 224 valence electrons. The summed E-state index contributed by atoms with van der Waals surface area (Å²) >= 11 is 0.984. The maximum absolute atomic E-state index is 15.3. The first kappa shape index (κ1) is 30.2. The molecule has 0 unspecified atom stereocenters. The lowest BCUT2D eigenvalue weighted by molar-refractivity contribution is 0.0691. The number of carbonyl (C=O) groups is 1. The molecule has 1 aliphatic rings. The number of aromatic nitrogens is 2. The summed E-state index contributed by atoms with van der Waals surface area (Å²) in [5.41, 5.74) is 9.14. The van der Waals surface area contributed by atoms with Crippen molar-refractivity contribution < 1.29 is 31.6 Å². The maximum atomic E-state index is 15.3. The van der Waals surface area contributed by atoms with Crippen LogP contribution in [0.4, 0.5) is 13.9 Å². The molecule has 10 nitrogen and oxygen atoms in total. The molecule has 1 fully saturated rings. The molecule has 2 heterocycles. The standard InChI is InChI=1S/C29H27F2N5O5S2/c1-14-26(15(2)41-36-14)20-11-18(6-8-22(20)30)27(35-29-34-25(13-42-29)28(37)38)21(24(32)9-16-3-4-16)10-17-5-7-19(12-23(17)31)43(33,39)40/h5-8,11-13,16H,3-4,9-10,32H2,1-2H3,(H,37,38)(H2,33,39,40). The van der Waals surface area contributed by atoms with E-state index < -0.39 is 27.6 Å². The normalized spacial score (nSPS) is 14.6. The Labute approximate surface area is 249 Å². The Balaban J connectivity index is 1.71. The number of rotatable bonds is 10. The molecule has 14 heteroatoms. The summed E-state index contributed by atoms with van der Waals surface area (Å²) in [4.78, 5) is 19.9. The Morgan fingerprint density at radius 1 is 1.16 bits per heavy atom. The van der Waals surface area contributed by atoms with Gasteiger partial charge in [-0.1, -0.05) is 11.2 Å². The molecule has 0 radical (unpaired) electrons. The number of nitrogens with zero attached hydrogens (tertiary/aromatic N) is 3. The van der Waals surface area contributed by atoms with Crippen LogP contribution < -0.4 is 10.9 Å². The number of hydrogen-bond donors (Lipinski definition) is 3. The van der Waals surface area contributed by atoms with Crippen LogP contribution in [0.3, 0.4) is 0 Å². The smallest absolute Gasteiger partial charge is 0.355 e. The highest BCUT2D eigenvalue weighted by atomic mass is 32.2. The summed E-state index contributed by atoms with van der Waals surface area (Å²) in [5.74, 6) is -1.86. The molecule has 43 heavy (non-hydrogen) atoms. The molecule has 0 amide bonds. The Morgan fingerprint density at radius 3 is 2.49 bits per heavy atom. The van der Waals surface area contributed by atoms with Gasteiger partial charge in [0.1, 0.15) is 17.4 Å². The zero-order chi connectivity index (χ0) is 31.1. The number of benzene rings is 2. The molecule has 5 rings (SSSR count). The van der Waals surface area contributed by atoms with Crippen molar-refractivity contribution in [1.29, 1.82) is 0 Å². The van der Waals surface area contributed by atoms with Gasteiger partial charge in [0.25, 0.3) is 0 Å². The van der Waals surface area contributed by atoms with Crippen molar-refractivity contribution in [1.82, 2.24) is 10.1 Å². The van der Waals surface area contributed by atoms with Crippen molar-refractivity contribution in [3.63, 3.8) is 0 Å². The summed E-state index contributed by atoms with van der Waals surface area (Å²) in [6, 6.07) is 7.65. The summed E-state index contributed by atoms with van der Waals surface area (Å²) in [7, 11) is -4.14. The van der Waals surface area contributed by atoms with Crippen molar-refractivity contribution >= 4 is 38.2 Å². The Kier molecular flexibility index (Phi) is 8.27. The average Bonchev–Trinajstić information content (AvgIpc) is 3.51. The van der Waals surface area contributed by atoms with Crippen molar-refractivity contribution in [2.75, 3.05) is 0 Å². The second-order valence-electron chi connectivity index (χ2n) is 10.3. The van der Waals surface area contributed by atoms with Crippen LogP contribution >= 0.6 is 11.3 Å². The van der Waals surface area contributed by atoms with Gasteiger partial charge in [0, 0.05) is 34.2 Å². The molecule has 0 spiro atoms. The van der Waals surface area contributed by atoms with E-state index in [4.69, 9.17) is 15.4 Å². The summed E-state index contributed by atoms with van der Waals surface area (Å²) in [5, 5.41) is 19.9. The van der Waals surface area contributed by atoms with Gasteiger partial charge in [-0.15, -0.1) is 11.3 Å². The number of carboxylic acids is 1. The third-order valence-electron chi connectivity index (χ3n) is 7.06. The first-order valence-electron chi connectivity index (χ1n) is 13.1. The van der Waals surface area contributed by atoms with Crippen LogP contribution in [0, 0.1) is 31.4 Å². The van der Waals surface area contributed by atoms with Crippen LogP contribution in [0.2, 0.25) is 0 Å². The van der Waals surface area contributed by atoms with E-state index in [9.17, 15) is 18.3 Å². The lowest BCUT2D eigenvalue weighted by atomic mass is 9.91. The number of thiazole rings is 1. The van der Waals surface area contributed by atoms with Gasteiger partial charge in [0.15, 0.2) is 5.69 Å². The predicted molar refractivity (Wildman–Crippen MR) is 157 cm³/mol. The minimum Gasteiger partial charge on any atom is -0.476 e. The number of aryl methyl sites for hydroxylation is 2. The lowest BCUT2D eigenvalue weighted by Crippen LogP contribution is -2.17. The van der Waals surface area contributed by atoms with Gasteiger partial charge in [0.05, 0.1) is 21.9 Å². The van der Waals surface area contributed by atoms with Gasteiger partial charge < -0.3 is 15.4 Å². The number of allylic oxidation sites excluding steroid dienone is 2. The topological polar surface area (TPSA) is 175 Å². The molecule has 1 saturated carbocycles. The number of hydrogen-bond acceptors (Lipinski definition) is 9. The molecular formula is C29H27F2N5O5S2. The minimum absolute atomic E-state index is 0.0948. The fourth-order valence-corrected chi connectivity index (χ4v) is 5.88. The number of sulfonamides is 1. The number of primary sulfonamides is 1. The first-order chi connectivity index (χ1) is 20.3. The Hall–Kier alpha value is -4.27. The molecular weight excluding hydrogens is 600 g/mol. The lowest BCUT2D eigenvalue weighted by Gasteiger charge is -2.17.